The predicted molar refractivity (Wildman–Crippen MR) is 85.9 cm³/mol. The summed E-state index contributed by atoms with van der Waals surface area (Å²) >= 11 is 0. The quantitative estimate of drug-likeness (QED) is 0.783. The Morgan fingerprint density at radius 2 is 1.91 bits per heavy atom. The molecule has 0 amide bonds. The lowest BCUT2D eigenvalue weighted by Gasteiger charge is -2.14. The third-order valence-electron chi connectivity index (χ3n) is 3.79. The summed E-state index contributed by atoms with van der Waals surface area (Å²) in [7, 11) is -0.532. The molecule has 1 aromatic carbocycles. The summed E-state index contributed by atoms with van der Waals surface area (Å²) in [6.45, 7) is 0.419. The molecule has 0 saturated heterocycles. The standard InChI is InChI=1S/C16H23NO4S/c1-20-15-9-8-14(12-16(15)21-2)22(18,19)17-11-10-13-6-4-3-5-7-13/h6,8-9,12,17H,3-5,7,10-11H2,1-2H3. The Kier molecular flexibility index (Phi) is 5.85. The molecule has 6 heteroatoms. The Bertz CT molecular complexity index is 638. The van der Waals surface area contributed by atoms with E-state index in [4.69, 9.17) is 9.47 Å². The molecule has 1 aliphatic carbocycles. The zero-order valence-corrected chi connectivity index (χ0v) is 13.9. The molecular weight excluding hydrogens is 302 g/mol. The fraction of sp³-hybridized carbons (Fsp3) is 0.500. The van der Waals surface area contributed by atoms with Crippen LogP contribution < -0.4 is 14.2 Å². The van der Waals surface area contributed by atoms with Crippen LogP contribution in [-0.4, -0.2) is 29.2 Å². The maximum Gasteiger partial charge on any atom is 0.240 e. The number of hydrogen-bond acceptors (Lipinski definition) is 4. The van der Waals surface area contributed by atoms with Crippen molar-refractivity contribution in [1.82, 2.24) is 4.72 Å². The first kappa shape index (κ1) is 16.8. The number of nitrogens with one attached hydrogen (secondary N) is 1. The number of ether oxygens (including phenoxy) is 2. The number of rotatable bonds is 7. The van der Waals surface area contributed by atoms with Crippen molar-refractivity contribution in [2.75, 3.05) is 20.8 Å². The Labute approximate surface area is 132 Å². The first-order valence-corrected chi connectivity index (χ1v) is 8.95. The van der Waals surface area contributed by atoms with Crippen molar-refractivity contribution in [1.29, 1.82) is 0 Å². The molecule has 2 rings (SSSR count). The van der Waals surface area contributed by atoms with Gasteiger partial charge in [0.05, 0.1) is 19.1 Å². The van der Waals surface area contributed by atoms with E-state index < -0.39 is 10.0 Å². The van der Waals surface area contributed by atoms with E-state index >= 15 is 0 Å². The van der Waals surface area contributed by atoms with Crippen molar-refractivity contribution in [3.05, 3.63) is 29.8 Å². The molecule has 0 unspecified atom stereocenters. The Hall–Kier alpha value is -1.53. The summed E-state index contributed by atoms with van der Waals surface area (Å²) in [6.07, 6.45) is 7.63. The molecule has 1 aliphatic rings. The summed E-state index contributed by atoms with van der Waals surface area (Å²) in [6, 6.07) is 4.58. The Morgan fingerprint density at radius 1 is 1.14 bits per heavy atom. The van der Waals surface area contributed by atoms with Crippen LogP contribution in [0.3, 0.4) is 0 Å². The van der Waals surface area contributed by atoms with Gasteiger partial charge < -0.3 is 9.47 Å². The smallest absolute Gasteiger partial charge is 0.240 e. The molecule has 22 heavy (non-hydrogen) atoms. The SMILES string of the molecule is COc1ccc(S(=O)(=O)NCCC2=CCCCC2)cc1OC. The first-order valence-electron chi connectivity index (χ1n) is 7.46. The van der Waals surface area contributed by atoms with Gasteiger partial charge in [0, 0.05) is 12.6 Å². The molecule has 0 bridgehead atoms. The van der Waals surface area contributed by atoms with Crippen LogP contribution in [0.25, 0.3) is 0 Å². The average Bonchev–Trinajstić information content (AvgIpc) is 2.55. The van der Waals surface area contributed by atoms with Crippen molar-refractivity contribution in [2.45, 2.75) is 37.0 Å². The van der Waals surface area contributed by atoms with Gasteiger partial charge in [0.2, 0.25) is 10.0 Å². The molecule has 0 fully saturated rings. The fourth-order valence-corrected chi connectivity index (χ4v) is 3.59. The van der Waals surface area contributed by atoms with Crippen LogP contribution >= 0.6 is 0 Å². The molecule has 0 saturated carbocycles. The minimum Gasteiger partial charge on any atom is -0.493 e. The predicted octanol–water partition coefficient (Wildman–Crippen LogP) is 2.87. The second kappa shape index (κ2) is 7.65. The van der Waals surface area contributed by atoms with E-state index in [1.54, 1.807) is 6.07 Å². The highest BCUT2D eigenvalue weighted by atomic mass is 32.2. The van der Waals surface area contributed by atoms with Gasteiger partial charge in [-0.15, -0.1) is 0 Å². The maximum atomic E-state index is 12.3. The van der Waals surface area contributed by atoms with E-state index in [0.29, 0.717) is 18.0 Å². The van der Waals surface area contributed by atoms with Gasteiger partial charge in [-0.25, -0.2) is 13.1 Å². The lowest BCUT2D eigenvalue weighted by Crippen LogP contribution is -2.25. The molecule has 0 radical (unpaired) electrons. The summed E-state index contributed by atoms with van der Waals surface area (Å²) < 4.78 is 37.5. The number of sulfonamides is 1. The van der Waals surface area contributed by atoms with Crippen molar-refractivity contribution >= 4 is 10.0 Å². The minimum atomic E-state index is -3.53. The maximum absolute atomic E-state index is 12.3. The highest BCUT2D eigenvalue weighted by molar-refractivity contribution is 7.89. The van der Waals surface area contributed by atoms with Gasteiger partial charge >= 0.3 is 0 Å². The molecule has 5 nitrogen and oxygen atoms in total. The summed E-state index contributed by atoms with van der Waals surface area (Å²) in [5, 5.41) is 0. The van der Waals surface area contributed by atoms with E-state index in [0.717, 1.165) is 19.3 Å². The lowest BCUT2D eigenvalue weighted by molar-refractivity contribution is 0.354. The van der Waals surface area contributed by atoms with Crippen molar-refractivity contribution in [2.24, 2.45) is 0 Å². The summed E-state index contributed by atoms with van der Waals surface area (Å²) in [5.74, 6) is 0.911. The number of allylic oxidation sites excluding steroid dienone is 1. The Morgan fingerprint density at radius 3 is 2.55 bits per heavy atom. The largest absolute Gasteiger partial charge is 0.493 e. The zero-order valence-electron chi connectivity index (χ0n) is 13.1. The van der Waals surface area contributed by atoms with Crippen molar-refractivity contribution < 1.29 is 17.9 Å². The molecule has 0 atom stereocenters. The minimum absolute atomic E-state index is 0.183. The van der Waals surface area contributed by atoms with Crippen LogP contribution in [0.1, 0.15) is 32.1 Å². The second-order valence-electron chi connectivity index (χ2n) is 5.27. The number of hydrogen-bond donors (Lipinski definition) is 1. The summed E-state index contributed by atoms with van der Waals surface area (Å²) in [5.41, 5.74) is 1.35. The third kappa shape index (κ3) is 4.24. The van der Waals surface area contributed by atoms with Crippen molar-refractivity contribution in [3.8, 4) is 11.5 Å². The van der Waals surface area contributed by atoms with E-state index in [9.17, 15) is 8.42 Å². The molecule has 1 aromatic rings. The van der Waals surface area contributed by atoms with Gasteiger partial charge in [0.1, 0.15) is 0 Å². The molecule has 0 spiro atoms. The summed E-state index contributed by atoms with van der Waals surface area (Å²) in [4.78, 5) is 0.183. The molecule has 0 aromatic heterocycles. The van der Waals surface area contributed by atoms with Gasteiger partial charge in [-0.2, -0.15) is 0 Å². The van der Waals surface area contributed by atoms with Crippen LogP contribution in [-0.2, 0) is 10.0 Å². The van der Waals surface area contributed by atoms with Crippen LogP contribution in [0.15, 0.2) is 34.7 Å². The molecule has 0 aliphatic heterocycles. The van der Waals surface area contributed by atoms with Gasteiger partial charge in [-0.1, -0.05) is 11.6 Å². The normalized spacial score (nSPS) is 15.3. The van der Waals surface area contributed by atoms with E-state index in [-0.39, 0.29) is 4.90 Å². The van der Waals surface area contributed by atoms with Gasteiger partial charge in [0.25, 0.3) is 0 Å². The van der Waals surface area contributed by atoms with Gasteiger partial charge in [-0.05, 0) is 44.2 Å². The average molecular weight is 325 g/mol. The van der Waals surface area contributed by atoms with E-state index in [1.165, 1.54) is 44.8 Å². The topological polar surface area (TPSA) is 64.6 Å². The first-order chi connectivity index (χ1) is 10.6. The van der Waals surface area contributed by atoms with Crippen molar-refractivity contribution in [3.63, 3.8) is 0 Å². The van der Waals surface area contributed by atoms with Crippen LogP contribution in [0.4, 0.5) is 0 Å². The monoisotopic (exact) mass is 325 g/mol. The fourth-order valence-electron chi connectivity index (χ4n) is 2.54. The lowest BCUT2D eigenvalue weighted by atomic mass is 9.97. The van der Waals surface area contributed by atoms with Crippen LogP contribution in [0.2, 0.25) is 0 Å². The van der Waals surface area contributed by atoms with Gasteiger partial charge in [-0.3, -0.25) is 0 Å². The van der Waals surface area contributed by atoms with Gasteiger partial charge in [0.15, 0.2) is 11.5 Å². The zero-order chi connectivity index (χ0) is 16.0. The van der Waals surface area contributed by atoms with Crippen LogP contribution in [0, 0.1) is 0 Å². The molecular formula is C16H23NO4S. The van der Waals surface area contributed by atoms with E-state index in [2.05, 4.69) is 10.8 Å². The van der Waals surface area contributed by atoms with E-state index in [1.807, 2.05) is 0 Å². The molecule has 1 N–H and O–H groups in total. The highest BCUT2D eigenvalue weighted by Gasteiger charge is 2.17. The molecule has 0 heterocycles. The highest BCUT2D eigenvalue weighted by Crippen LogP contribution is 2.29. The Balaban J connectivity index is 2.02. The number of methoxy groups -OCH3 is 2. The van der Waals surface area contributed by atoms with Crippen LogP contribution in [0.5, 0.6) is 11.5 Å². The number of benzene rings is 1. The third-order valence-corrected chi connectivity index (χ3v) is 5.25. The second-order valence-corrected chi connectivity index (χ2v) is 7.04. The molecule has 122 valence electrons.